The Morgan fingerprint density at radius 3 is 2.70 bits per heavy atom. The van der Waals surface area contributed by atoms with Gasteiger partial charge in [-0.15, -0.1) is 0 Å². The molecule has 0 aromatic heterocycles. The van der Waals surface area contributed by atoms with Crippen LogP contribution in [-0.4, -0.2) is 17.5 Å². The number of hydrogen-bond acceptors (Lipinski definition) is 3. The molecule has 2 atom stereocenters. The van der Waals surface area contributed by atoms with Crippen molar-refractivity contribution in [2.75, 3.05) is 11.5 Å². The van der Waals surface area contributed by atoms with E-state index in [2.05, 4.69) is 41.6 Å². The van der Waals surface area contributed by atoms with E-state index in [4.69, 9.17) is 9.47 Å². The molecule has 0 fully saturated rings. The summed E-state index contributed by atoms with van der Waals surface area (Å²) in [6.45, 7) is 2.23. The van der Waals surface area contributed by atoms with Gasteiger partial charge in [0.2, 0.25) is 0 Å². The fourth-order valence-corrected chi connectivity index (χ4v) is 3.77. The van der Waals surface area contributed by atoms with E-state index in [0.29, 0.717) is 5.56 Å². The van der Waals surface area contributed by atoms with Crippen molar-refractivity contribution in [3.05, 3.63) is 65.2 Å². The van der Waals surface area contributed by atoms with Crippen LogP contribution in [0.3, 0.4) is 0 Å². The molecule has 0 saturated heterocycles. The summed E-state index contributed by atoms with van der Waals surface area (Å²) in [6, 6.07) is 15.9. The monoisotopic (exact) mass is 422 g/mol. The van der Waals surface area contributed by atoms with Crippen LogP contribution in [-0.2, 0) is 10.2 Å². The molecular formula is C19H19IO3. The standard InChI is InChI=1S/C19H19IO3/c1-19(12-20)11-17(13-6-4-3-5-7-13)23-16-9-8-14(10-15(16)19)18(21)22-2/h3-10,17H,11-12H2,1-2H3/t17-,19-/m0/s1. The minimum absolute atomic E-state index is 0.0347. The highest BCUT2D eigenvalue weighted by atomic mass is 127. The van der Waals surface area contributed by atoms with E-state index in [9.17, 15) is 4.79 Å². The third-order valence-corrected chi connectivity index (χ3v) is 6.11. The van der Waals surface area contributed by atoms with Crippen molar-refractivity contribution in [3.63, 3.8) is 0 Å². The number of ether oxygens (including phenoxy) is 2. The molecule has 4 heteroatoms. The highest BCUT2D eigenvalue weighted by molar-refractivity contribution is 14.1. The Morgan fingerprint density at radius 1 is 1.30 bits per heavy atom. The van der Waals surface area contributed by atoms with E-state index in [1.54, 1.807) is 6.07 Å². The summed E-state index contributed by atoms with van der Waals surface area (Å²) in [5.41, 5.74) is 2.80. The summed E-state index contributed by atoms with van der Waals surface area (Å²) < 4.78 is 12.0. The lowest BCUT2D eigenvalue weighted by atomic mass is 9.75. The molecule has 0 spiro atoms. The van der Waals surface area contributed by atoms with Crippen molar-refractivity contribution in [1.82, 2.24) is 0 Å². The molecule has 1 aliphatic rings. The lowest BCUT2D eigenvalue weighted by Gasteiger charge is -2.39. The predicted molar refractivity (Wildman–Crippen MR) is 98.4 cm³/mol. The van der Waals surface area contributed by atoms with Gasteiger partial charge in [0, 0.05) is 15.4 Å². The smallest absolute Gasteiger partial charge is 0.337 e. The van der Waals surface area contributed by atoms with Gasteiger partial charge in [-0.2, -0.15) is 0 Å². The summed E-state index contributed by atoms with van der Waals surface area (Å²) in [5, 5.41) is 0. The van der Waals surface area contributed by atoms with Gasteiger partial charge in [-0.25, -0.2) is 4.79 Å². The number of methoxy groups -OCH3 is 1. The summed E-state index contributed by atoms with van der Waals surface area (Å²) in [6.07, 6.45) is 0.921. The molecule has 1 heterocycles. The Labute approximate surface area is 150 Å². The van der Waals surface area contributed by atoms with Crippen LogP contribution >= 0.6 is 22.6 Å². The quantitative estimate of drug-likeness (QED) is 0.409. The van der Waals surface area contributed by atoms with Crippen molar-refractivity contribution in [3.8, 4) is 5.75 Å². The van der Waals surface area contributed by atoms with Gasteiger partial charge in [0.05, 0.1) is 12.7 Å². The van der Waals surface area contributed by atoms with Crippen molar-refractivity contribution < 1.29 is 14.3 Å². The van der Waals surface area contributed by atoms with Gasteiger partial charge >= 0.3 is 5.97 Å². The van der Waals surface area contributed by atoms with Crippen LogP contribution < -0.4 is 4.74 Å². The molecular weight excluding hydrogens is 403 g/mol. The van der Waals surface area contributed by atoms with Crippen LogP contribution in [0.25, 0.3) is 0 Å². The fourth-order valence-electron chi connectivity index (χ4n) is 3.04. The second kappa shape index (κ2) is 6.51. The number of esters is 1. The molecule has 0 amide bonds. The van der Waals surface area contributed by atoms with Gasteiger partial charge < -0.3 is 9.47 Å². The van der Waals surface area contributed by atoms with Gasteiger partial charge in [-0.3, -0.25) is 0 Å². The number of carbonyl (C=O) groups excluding carboxylic acids is 1. The number of fused-ring (bicyclic) bond motifs is 1. The van der Waals surface area contributed by atoms with Crippen molar-refractivity contribution in [2.24, 2.45) is 0 Å². The molecule has 3 rings (SSSR count). The number of hydrogen-bond donors (Lipinski definition) is 0. The Bertz CT molecular complexity index is 714. The van der Waals surface area contributed by atoms with E-state index in [1.807, 2.05) is 30.3 Å². The SMILES string of the molecule is COC(=O)c1ccc2c(c1)[C@](C)(CI)C[C@@H](c1ccccc1)O2. The summed E-state index contributed by atoms with van der Waals surface area (Å²) >= 11 is 2.42. The first-order valence-electron chi connectivity index (χ1n) is 7.58. The molecule has 120 valence electrons. The van der Waals surface area contributed by atoms with Crippen molar-refractivity contribution >= 4 is 28.6 Å². The van der Waals surface area contributed by atoms with Gasteiger partial charge in [-0.1, -0.05) is 59.8 Å². The zero-order valence-corrected chi connectivity index (χ0v) is 15.4. The van der Waals surface area contributed by atoms with Crippen LogP contribution in [0, 0.1) is 0 Å². The highest BCUT2D eigenvalue weighted by Crippen LogP contribution is 2.47. The first-order valence-corrected chi connectivity index (χ1v) is 9.10. The Kier molecular flexibility index (Phi) is 4.62. The maximum atomic E-state index is 11.8. The van der Waals surface area contributed by atoms with Crippen LogP contribution in [0.5, 0.6) is 5.75 Å². The van der Waals surface area contributed by atoms with Crippen molar-refractivity contribution in [1.29, 1.82) is 0 Å². The van der Waals surface area contributed by atoms with Crippen molar-refractivity contribution in [2.45, 2.75) is 24.9 Å². The Balaban J connectivity index is 2.03. The van der Waals surface area contributed by atoms with E-state index < -0.39 is 0 Å². The van der Waals surface area contributed by atoms with Crippen LogP contribution in [0.4, 0.5) is 0 Å². The first-order chi connectivity index (χ1) is 11.1. The van der Waals surface area contributed by atoms with E-state index in [-0.39, 0.29) is 17.5 Å². The zero-order valence-electron chi connectivity index (χ0n) is 13.2. The molecule has 0 saturated carbocycles. The van der Waals surface area contributed by atoms with Gasteiger partial charge in [-0.05, 0) is 30.2 Å². The van der Waals surface area contributed by atoms with Crippen LogP contribution in [0.2, 0.25) is 0 Å². The number of rotatable bonds is 3. The molecule has 0 bridgehead atoms. The Morgan fingerprint density at radius 2 is 2.04 bits per heavy atom. The molecule has 1 aliphatic heterocycles. The molecule has 0 radical (unpaired) electrons. The topological polar surface area (TPSA) is 35.5 Å². The fraction of sp³-hybridized carbons (Fsp3) is 0.316. The molecule has 3 nitrogen and oxygen atoms in total. The maximum Gasteiger partial charge on any atom is 0.337 e. The zero-order chi connectivity index (χ0) is 16.4. The largest absolute Gasteiger partial charge is 0.485 e. The average Bonchev–Trinajstić information content (AvgIpc) is 2.61. The lowest BCUT2D eigenvalue weighted by molar-refractivity contribution is 0.0600. The second-order valence-electron chi connectivity index (χ2n) is 6.12. The lowest BCUT2D eigenvalue weighted by Crippen LogP contribution is -2.33. The molecule has 0 aliphatic carbocycles. The minimum atomic E-state index is -0.311. The Hall–Kier alpha value is -1.56. The number of alkyl halides is 1. The third-order valence-electron chi connectivity index (χ3n) is 4.42. The van der Waals surface area contributed by atoms with E-state index in [1.165, 1.54) is 12.7 Å². The maximum absolute atomic E-state index is 11.8. The summed E-state index contributed by atoms with van der Waals surface area (Å²) in [5.74, 6) is 0.547. The van der Waals surface area contributed by atoms with Gasteiger partial charge in [0.15, 0.2) is 0 Å². The number of benzene rings is 2. The molecule has 2 aromatic rings. The van der Waals surface area contributed by atoms with E-state index in [0.717, 1.165) is 22.2 Å². The van der Waals surface area contributed by atoms with Crippen LogP contribution in [0.1, 0.15) is 40.9 Å². The second-order valence-corrected chi connectivity index (χ2v) is 6.88. The highest BCUT2D eigenvalue weighted by Gasteiger charge is 2.38. The van der Waals surface area contributed by atoms with Crippen LogP contribution in [0.15, 0.2) is 48.5 Å². The van der Waals surface area contributed by atoms with Gasteiger partial charge in [0.1, 0.15) is 11.9 Å². The third kappa shape index (κ3) is 3.09. The summed E-state index contributed by atoms with van der Waals surface area (Å²) in [4.78, 5) is 11.8. The minimum Gasteiger partial charge on any atom is -0.485 e. The number of halogens is 1. The normalized spacial score (nSPS) is 22.8. The van der Waals surface area contributed by atoms with Gasteiger partial charge in [0.25, 0.3) is 0 Å². The first kappa shape index (κ1) is 16.3. The molecule has 23 heavy (non-hydrogen) atoms. The van der Waals surface area contributed by atoms with E-state index >= 15 is 0 Å². The number of carbonyl (C=O) groups is 1. The average molecular weight is 422 g/mol. The molecule has 2 aromatic carbocycles. The summed E-state index contributed by atoms with van der Waals surface area (Å²) in [7, 11) is 1.40. The predicted octanol–water partition coefficient (Wildman–Crippen LogP) is 4.69. The molecule has 0 unspecified atom stereocenters. The molecule has 0 N–H and O–H groups in total.